The Labute approximate surface area is 143 Å². The van der Waals surface area contributed by atoms with Gasteiger partial charge in [-0.25, -0.2) is 0 Å². The topological polar surface area (TPSA) is 38.7 Å². The van der Waals surface area contributed by atoms with Crippen molar-refractivity contribution < 1.29 is 9.53 Å². The average Bonchev–Trinajstić information content (AvgIpc) is 3.02. The SMILES string of the molecule is COC(=O)C1(C)CC[C@@H](N=C(c2ccccc2)c2ccccc2)C1. The van der Waals surface area contributed by atoms with E-state index in [9.17, 15) is 4.79 Å². The Morgan fingerprint density at radius 3 is 2.08 bits per heavy atom. The third-order valence-electron chi connectivity index (χ3n) is 4.80. The molecule has 0 aromatic heterocycles. The van der Waals surface area contributed by atoms with Crippen LogP contribution in [0.5, 0.6) is 0 Å². The van der Waals surface area contributed by atoms with Gasteiger partial charge in [0.2, 0.25) is 0 Å². The van der Waals surface area contributed by atoms with Crippen molar-refractivity contribution in [3.05, 3.63) is 71.8 Å². The minimum absolute atomic E-state index is 0.124. The number of hydrogen-bond donors (Lipinski definition) is 0. The zero-order chi connectivity index (χ0) is 17.0. The van der Waals surface area contributed by atoms with Crippen LogP contribution in [0.25, 0.3) is 0 Å². The number of hydrogen-bond acceptors (Lipinski definition) is 3. The van der Waals surface area contributed by atoms with Crippen molar-refractivity contribution >= 4 is 11.7 Å². The first-order chi connectivity index (χ1) is 11.6. The predicted molar refractivity (Wildman–Crippen MR) is 96.3 cm³/mol. The maximum Gasteiger partial charge on any atom is 0.311 e. The van der Waals surface area contributed by atoms with E-state index in [1.807, 2.05) is 43.3 Å². The van der Waals surface area contributed by atoms with Gasteiger partial charge >= 0.3 is 5.97 Å². The van der Waals surface area contributed by atoms with Crippen molar-refractivity contribution in [3.63, 3.8) is 0 Å². The van der Waals surface area contributed by atoms with Crippen molar-refractivity contribution in [3.8, 4) is 0 Å². The van der Waals surface area contributed by atoms with Crippen LogP contribution >= 0.6 is 0 Å². The van der Waals surface area contributed by atoms with E-state index in [-0.39, 0.29) is 12.0 Å². The zero-order valence-corrected chi connectivity index (χ0v) is 14.2. The molecule has 0 spiro atoms. The van der Waals surface area contributed by atoms with Gasteiger partial charge in [-0.1, -0.05) is 60.7 Å². The minimum Gasteiger partial charge on any atom is -0.469 e. The van der Waals surface area contributed by atoms with Gasteiger partial charge in [0, 0.05) is 11.1 Å². The molecule has 0 heterocycles. The molecule has 1 fully saturated rings. The summed E-state index contributed by atoms with van der Waals surface area (Å²) in [4.78, 5) is 17.1. The molecule has 1 unspecified atom stereocenters. The first-order valence-corrected chi connectivity index (χ1v) is 8.39. The second-order valence-electron chi connectivity index (χ2n) is 6.66. The summed E-state index contributed by atoms with van der Waals surface area (Å²) in [6.07, 6.45) is 2.47. The van der Waals surface area contributed by atoms with Crippen molar-refractivity contribution in [2.45, 2.75) is 32.2 Å². The normalized spacial score (nSPS) is 22.8. The highest BCUT2D eigenvalue weighted by molar-refractivity contribution is 6.13. The molecule has 3 rings (SSSR count). The molecule has 1 saturated carbocycles. The van der Waals surface area contributed by atoms with Crippen LogP contribution in [-0.2, 0) is 9.53 Å². The van der Waals surface area contributed by atoms with Crippen molar-refractivity contribution in [1.82, 2.24) is 0 Å². The summed E-state index contributed by atoms with van der Waals surface area (Å²) in [7, 11) is 1.46. The Kier molecular flexibility index (Phi) is 4.79. The molecule has 0 aliphatic heterocycles. The lowest BCUT2D eigenvalue weighted by molar-refractivity contribution is -0.151. The molecule has 24 heavy (non-hydrogen) atoms. The molecule has 1 aliphatic rings. The quantitative estimate of drug-likeness (QED) is 0.623. The molecule has 0 amide bonds. The predicted octanol–water partition coefficient (Wildman–Crippen LogP) is 4.26. The van der Waals surface area contributed by atoms with Crippen molar-refractivity contribution in [2.24, 2.45) is 10.4 Å². The fourth-order valence-electron chi connectivity index (χ4n) is 3.44. The molecule has 2 aromatic carbocycles. The van der Waals surface area contributed by atoms with Crippen LogP contribution < -0.4 is 0 Å². The fourth-order valence-corrected chi connectivity index (χ4v) is 3.44. The van der Waals surface area contributed by atoms with E-state index in [1.54, 1.807) is 0 Å². The van der Waals surface area contributed by atoms with E-state index in [1.165, 1.54) is 7.11 Å². The summed E-state index contributed by atoms with van der Waals surface area (Å²) in [6, 6.07) is 20.6. The summed E-state index contributed by atoms with van der Waals surface area (Å²) in [5, 5.41) is 0. The summed E-state index contributed by atoms with van der Waals surface area (Å²) in [5.41, 5.74) is 2.79. The molecular formula is C21H23NO2. The monoisotopic (exact) mass is 321 g/mol. The Balaban J connectivity index is 1.93. The first-order valence-electron chi connectivity index (χ1n) is 8.39. The molecule has 3 heteroatoms. The molecule has 124 valence electrons. The first kappa shape index (κ1) is 16.4. The third kappa shape index (κ3) is 3.40. The number of carbonyl (C=O) groups is 1. The highest BCUT2D eigenvalue weighted by Crippen LogP contribution is 2.40. The van der Waals surface area contributed by atoms with E-state index in [2.05, 4.69) is 24.3 Å². The summed E-state index contributed by atoms with van der Waals surface area (Å²) < 4.78 is 4.97. The summed E-state index contributed by atoms with van der Waals surface area (Å²) in [5.74, 6) is -0.124. The molecule has 1 aliphatic carbocycles. The molecule has 0 radical (unpaired) electrons. The number of carbonyl (C=O) groups excluding carboxylic acids is 1. The van der Waals surface area contributed by atoms with Gasteiger partial charge in [-0.2, -0.15) is 0 Å². The lowest BCUT2D eigenvalue weighted by Crippen LogP contribution is -2.26. The minimum atomic E-state index is -0.415. The van der Waals surface area contributed by atoms with E-state index >= 15 is 0 Å². The summed E-state index contributed by atoms with van der Waals surface area (Å²) >= 11 is 0. The van der Waals surface area contributed by atoms with E-state index in [4.69, 9.17) is 9.73 Å². The van der Waals surface area contributed by atoms with E-state index in [0.29, 0.717) is 0 Å². The van der Waals surface area contributed by atoms with Gasteiger partial charge in [0.1, 0.15) is 0 Å². The molecule has 2 atom stereocenters. The highest BCUT2D eigenvalue weighted by Gasteiger charge is 2.42. The van der Waals surface area contributed by atoms with Gasteiger partial charge < -0.3 is 4.74 Å². The van der Waals surface area contributed by atoms with Crippen LogP contribution in [-0.4, -0.2) is 24.8 Å². The number of aliphatic imine (C=N–C) groups is 1. The second kappa shape index (κ2) is 7.00. The molecule has 0 N–H and O–H groups in total. The van der Waals surface area contributed by atoms with E-state index < -0.39 is 5.41 Å². The molecule has 0 saturated heterocycles. The molecule has 3 nitrogen and oxygen atoms in total. The van der Waals surface area contributed by atoms with Crippen LogP contribution in [0.4, 0.5) is 0 Å². The molecule has 2 aromatic rings. The van der Waals surface area contributed by atoms with Crippen molar-refractivity contribution in [1.29, 1.82) is 0 Å². The second-order valence-corrected chi connectivity index (χ2v) is 6.66. The Morgan fingerprint density at radius 1 is 1.04 bits per heavy atom. The number of esters is 1. The number of rotatable bonds is 4. The third-order valence-corrected chi connectivity index (χ3v) is 4.80. The lowest BCUT2D eigenvalue weighted by atomic mass is 9.89. The largest absolute Gasteiger partial charge is 0.469 e. The van der Waals surface area contributed by atoms with Gasteiger partial charge in [0.25, 0.3) is 0 Å². The van der Waals surface area contributed by atoms with E-state index in [0.717, 1.165) is 36.1 Å². The average molecular weight is 321 g/mol. The highest BCUT2D eigenvalue weighted by atomic mass is 16.5. The van der Waals surface area contributed by atoms with Crippen LogP contribution in [0.1, 0.15) is 37.3 Å². The number of methoxy groups -OCH3 is 1. The standard InChI is InChI=1S/C21H23NO2/c1-21(20(23)24-2)14-13-18(15-21)22-19(16-9-5-3-6-10-16)17-11-7-4-8-12-17/h3-12,18H,13-15H2,1-2H3/t18-,21?/m1/s1. The molecular weight excluding hydrogens is 298 g/mol. The Bertz CT molecular complexity index is 683. The number of ether oxygens (including phenoxy) is 1. The van der Waals surface area contributed by atoms with Crippen LogP contribution in [0.2, 0.25) is 0 Å². The Hall–Kier alpha value is -2.42. The van der Waals surface area contributed by atoms with Crippen LogP contribution in [0, 0.1) is 5.41 Å². The van der Waals surface area contributed by atoms with Gasteiger partial charge in [-0.15, -0.1) is 0 Å². The fraction of sp³-hybridized carbons (Fsp3) is 0.333. The van der Waals surface area contributed by atoms with Gasteiger partial charge in [-0.05, 0) is 26.2 Å². The van der Waals surface area contributed by atoms with Gasteiger partial charge in [0.15, 0.2) is 0 Å². The lowest BCUT2D eigenvalue weighted by Gasteiger charge is -2.20. The number of benzene rings is 2. The maximum atomic E-state index is 12.0. The van der Waals surface area contributed by atoms with Gasteiger partial charge in [-0.3, -0.25) is 9.79 Å². The Morgan fingerprint density at radius 2 is 1.58 bits per heavy atom. The number of nitrogens with zero attached hydrogens (tertiary/aromatic N) is 1. The van der Waals surface area contributed by atoms with Gasteiger partial charge in [0.05, 0.1) is 24.3 Å². The van der Waals surface area contributed by atoms with Crippen LogP contribution in [0.3, 0.4) is 0 Å². The zero-order valence-electron chi connectivity index (χ0n) is 14.2. The van der Waals surface area contributed by atoms with Crippen LogP contribution in [0.15, 0.2) is 65.7 Å². The maximum absolute atomic E-state index is 12.0. The van der Waals surface area contributed by atoms with Crippen molar-refractivity contribution in [2.75, 3.05) is 7.11 Å². The summed E-state index contributed by atoms with van der Waals surface area (Å²) in [6.45, 7) is 1.99. The molecule has 0 bridgehead atoms. The smallest absolute Gasteiger partial charge is 0.311 e.